The van der Waals surface area contributed by atoms with Gasteiger partial charge in [0.25, 0.3) is 10.0 Å². The maximum Gasteiger partial charge on any atom is 0.260 e. The van der Waals surface area contributed by atoms with Gasteiger partial charge in [-0.3, -0.25) is 14.4 Å². The van der Waals surface area contributed by atoms with Crippen molar-refractivity contribution in [3.05, 3.63) is 30.8 Å². The van der Waals surface area contributed by atoms with Crippen LogP contribution in [0.2, 0.25) is 0 Å². The van der Waals surface area contributed by atoms with Gasteiger partial charge in [-0.1, -0.05) is 26.8 Å². The second kappa shape index (κ2) is 9.00. The van der Waals surface area contributed by atoms with Crippen LogP contribution in [0.25, 0.3) is 0 Å². The highest BCUT2D eigenvalue weighted by atomic mass is 32.2. The van der Waals surface area contributed by atoms with E-state index < -0.39 is 45.0 Å². The Morgan fingerprint density at radius 3 is 2.69 bits per heavy atom. The van der Waals surface area contributed by atoms with Gasteiger partial charge in [-0.2, -0.15) is 4.31 Å². The average Bonchev–Trinajstić information content (AvgIpc) is 2.76. The van der Waals surface area contributed by atoms with E-state index in [9.17, 15) is 22.8 Å². The molecule has 0 saturated carbocycles. The lowest BCUT2D eigenvalue weighted by Crippen LogP contribution is -2.44. The molecule has 2 amide bonds. The maximum atomic E-state index is 12.9. The van der Waals surface area contributed by atoms with Crippen molar-refractivity contribution in [2.24, 2.45) is 17.1 Å². The summed E-state index contributed by atoms with van der Waals surface area (Å²) in [5.74, 6) is -1.91. The third-order valence-corrected chi connectivity index (χ3v) is 6.49. The normalized spacial score (nSPS) is 21.2. The van der Waals surface area contributed by atoms with Crippen LogP contribution in [0.1, 0.15) is 33.6 Å². The maximum absolute atomic E-state index is 12.9. The summed E-state index contributed by atoms with van der Waals surface area (Å²) in [5.41, 5.74) is 4.61. The largest absolute Gasteiger partial charge is 0.369 e. The molecule has 9 nitrogen and oxygen atoms in total. The number of carbonyl (C=O) groups excluding carboxylic acids is 3. The van der Waals surface area contributed by atoms with E-state index in [1.165, 1.54) is 18.7 Å². The fourth-order valence-electron chi connectivity index (χ4n) is 3.11. The molecular formula is C19H27N4O5S. The topological polar surface area (TPSA) is 140 Å². The first-order chi connectivity index (χ1) is 13.4. The number of nitrogens with two attached hydrogens (primary N) is 1. The molecule has 0 aliphatic carbocycles. The van der Waals surface area contributed by atoms with Crippen LogP contribution >= 0.6 is 0 Å². The van der Waals surface area contributed by atoms with Gasteiger partial charge < -0.3 is 11.1 Å². The Bertz CT molecular complexity index is 870. The molecule has 3 N–H and O–H groups in total. The first kappa shape index (κ1) is 23.0. The van der Waals surface area contributed by atoms with E-state index in [0.29, 0.717) is 0 Å². The van der Waals surface area contributed by atoms with Crippen LogP contribution in [0.5, 0.6) is 0 Å². The van der Waals surface area contributed by atoms with Crippen molar-refractivity contribution in [3.63, 3.8) is 0 Å². The van der Waals surface area contributed by atoms with Gasteiger partial charge >= 0.3 is 0 Å². The number of amides is 2. The fourth-order valence-corrected chi connectivity index (χ4v) is 4.64. The van der Waals surface area contributed by atoms with Crippen LogP contribution < -0.4 is 11.1 Å². The Morgan fingerprint density at radius 2 is 2.10 bits per heavy atom. The molecule has 1 radical (unpaired) electrons. The number of rotatable bonds is 7. The van der Waals surface area contributed by atoms with E-state index in [1.54, 1.807) is 19.1 Å². The number of carbonyl (C=O) groups is 3. The van der Waals surface area contributed by atoms with Crippen molar-refractivity contribution in [3.8, 4) is 0 Å². The lowest BCUT2D eigenvalue weighted by molar-refractivity contribution is -0.126. The number of primary amides is 1. The first-order valence-electron chi connectivity index (χ1n) is 9.29. The zero-order valence-corrected chi connectivity index (χ0v) is 17.6. The van der Waals surface area contributed by atoms with Crippen molar-refractivity contribution in [1.29, 1.82) is 0 Å². The van der Waals surface area contributed by atoms with E-state index in [-0.39, 0.29) is 31.0 Å². The van der Waals surface area contributed by atoms with Crippen molar-refractivity contribution in [2.75, 3.05) is 13.1 Å². The Kier molecular flexibility index (Phi) is 7.12. The molecule has 1 saturated heterocycles. The molecule has 0 spiro atoms. The molecule has 1 aromatic heterocycles. The number of hydrogen-bond donors (Lipinski definition) is 2. The van der Waals surface area contributed by atoms with E-state index >= 15 is 0 Å². The highest BCUT2D eigenvalue weighted by Crippen LogP contribution is 2.30. The molecule has 1 aliphatic rings. The summed E-state index contributed by atoms with van der Waals surface area (Å²) in [5, 5.41) is 2.51. The van der Waals surface area contributed by atoms with Crippen LogP contribution in [-0.2, 0) is 24.4 Å². The number of Topliss-reactive ketones (excluding diaryl/α,β-unsaturated/α-hetero) is 1. The molecule has 2 rings (SSSR count). The molecule has 1 aromatic rings. The van der Waals surface area contributed by atoms with Crippen LogP contribution in [0.3, 0.4) is 0 Å². The molecule has 1 aliphatic heterocycles. The van der Waals surface area contributed by atoms with Gasteiger partial charge in [0, 0.05) is 18.7 Å². The minimum absolute atomic E-state index is 0.118. The third kappa shape index (κ3) is 6.07. The quantitative estimate of drug-likeness (QED) is 0.645. The monoisotopic (exact) mass is 423 g/mol. The van der Waals surface area contributed by atoms with Gasteiger partial charge in [0.2, 0.25) is 11.8 Å². The molecular weight excluding hydrogens is 396 g/mol. The van der Waals surface area contributed by atoms with E-state index in [2.05, 4.69) is 10.3 Å². The molecule has 0 aromatic carbocycles. The third-order valence-electron chi connectivity index (χ3n) is 4.78. The number of nitrogens with zero attached hydrogens (tertiary/aromatic N) is 2. The van der Waals surface area contributed by atoms with Gasteiger partial charge in [-0.05, 0) is 30.4 Å². The predicted octanol–water partition coefficient (Wildman–Crippen LogP) is 0.272. The molecule has 2 atom stereocenters. The first-order valence-corrected chi connectivity index (χ1v) is 10.7. The van der Waals surface area contributed by atoms with Crippen LogP contribution in [0, 0.1) is 17.8 Å². The minimum Gasteiger partial charge on any atom is -0.369 e. The van der Waals surface area contributed by atoms with Crippen LogP contribution in [-0.4, -0.2) is 54.4 Å². The molecule has 2 heterocycles. The average molecular weight is 424 g/mol. The van der Waals surface area contributed by atoms with Crippen molar-refractivity contribution < 1.29 is 22.8 Å². The van der Waals surface area contributed by atoms with Crippen LogP contribution in [0.4, 0.5) is 0 Å². The molecule has 1 fully saturated rings. The standard InChI is InChI=1S/C19H27N4O5S/c1-13(18(20)26)7-8-16(25)22-14-10-19(2,3)12-23(11-15(14)24)29(27,28)17-6-4-5-9-21-17/h4-6,8-9,13-14H,7,10-12H2,1-3H3,(H2,20,26)(H,22,25)/t13?,14-/m0/s1. The Morgan fingerprint density at radius 1 is 1.41 bits per heavy atom. The smallest absolute Gasteiger partial charge is 0.260 e. The summed E-state index contributed by atoms with van der Waals surface area (Å²) in [6.07, 6.45) is 3.10. The van der Waals surface area contributed by atoms with Gasteiger partial charge in [0.1, 0.15) is 0 Å². The Balaban J connectivity index is 2.13. The van der Waals surface area contributed by atoms with Gasteiger partial charge in [-0.25, -0.2) is 13.4 Å². The molecule has 0 bridgehead atoms. The summed E-state index contributed by atoms with van der Waals surface area (Å²) >= 11 is 0. The second-order valence-corrected chi connectivity index (χ2v) is 9.96. The summed E-state index contributed by atoms with van der Waals surface area (Å²) in [6.45, 7) is 5.04. The lowest BCUT2D eigenvalue weighted by atomic mass is 9.85. The SMILES string of the molecule is CC(C[CH]C(=O)N[C@H]1CC(C)(C)CN(S(=O)(=O)c2ccccn2)CC1=O)C(N)=O. The van der Waals surface area contributed by atoms with Crippen molar-refractivity contribution >= 4 is 27.6 Å². The van der Waals surface area contributed by atoms with Crippen LogP contribution in [0.15, 0.2) is 29.4 Å². The summed E-state index contributed by atoms with van der Waals surface area (Å²) < 4.78 is 26.9. The summed E-state index contributed by atoms with van der Waals surface area (Å²) in [4.78, 5) is 39.9. The Labute approximate surface area is 171 Å². The van der Waals surface area contributed by atoms with E-state index in [1.807, 2.05) is 13.8 Å². The lowest BCUT2D eigenvalue weighted by Gasteiger charge is -2.29. The highest BCUT2D eigenvalue weighted by molar-refractivity contribution is 7.89. The number of ketones is 1. The predicted molar refractivity (Wildman–Crippen MR) is 106 cm³/mol. The van der Waals surface area contributed by atoms with E-state index in [0.717, 1.165) is 4.31 Å². The van der Waals surface area contributed by atoms with Gasteiger partial charge in [0.15, 0.2) is 10.8 Å². The number of nitrogens with one attached hydrogen (secondary N) is 1. The Hall–Kier alpha value is -2.33. The number of pyridine rings is 1. The van der Waals surface area contributed by atoms with Gasteiger partial charge in [-0.15, -0.1) is 0 Å². The minimum atomic E-state index is -3.94. The number of hydrogen-bond acceptors (Lipinski definition) is 6. The fraction of sp³-hybridized carbons (Fsp3) is 0.526. The molecule has 159 valence electrons. The second-order valence-electron chi connectivity index (χ2n) is 8.08. The number of aromatic nitrogens is 1. The molecule has 10 heteroatoms. The van der Waals surface area contributed by atoms with Gasteiger partial charge in [0.05, 0.1) is 19.0 Å². The summed E-state index contributed by atoms with van der Waals surface area (Å²) in [7, 11) is -3.94. The zero-order chi connectivity index (χ0) is 21.8. The van der Waals surface area contributed by atoms with Crippen molar-refractivity contribution in [2.45, 2.75) is 44.7 Å². The molecule has 1 unspecified atom stereocenters. The zero-order valence-electron chi connectivity index (χ0n) is 16.8. The molecule has 29 heavy (non-hydrogen) atoms. The highest BCUT2D eigenvalue weighted by Gasteiger charge is 2.40. The summed E-state index contributed by atoms with van der Waals surface area (Å²) in [6, 6.07) is 3.72. The number of sulfonamides is 1. The van der Waals surface area contributed by atoms with E-state index in [4.69, 9.17) is 5.73 Å². The van der Waals surface area contributed by atoms with Crippen molar-refractivity contribution in [1.82, 2.24) is 14.6 Å².